The van der Waals surface area contributed by atoms with E-state index in [0.717, 1.165) is 28.6 Å². The van der Waals surface area contributed by atoms with Gasteiger partial charge in [-0.2, -0.15) is 0 Å². The summed E-state index contributed by atoms with van der Waals surface area (Å²) in [5.41, 5.74) is 8.00. The fraction of sp³-hybridized carbons (Fsp3) is 0.545. The summed E-state index contributed by atoms with van der Waals surface area (Å²) in [6.07, 6.45) is 3.40. The Bertz CT molecular complexity index is 461. The summed E-state index contributed by atoms with van der Waals surface area (Å²) in [5.74, 6) is 0. The van der Waals surface area contributed by atoms with Crippen molar-refractivity contribution in [2.45, 2.75) is 39.2 Å². The standard InChI is InChI=1S/C11H15BrN2O/c1-6-9(12)7(2)14(8-4-3-5-8)11(15)10(6)13/h8H,3-5,13H2,1-2H3. The Balaban J connectivity index is 2.68. The number of hydrogen-bond acceptors (Lipinski definition) is 2. The number of nitrogens with two attached hydrogens (primary N) is 1. The van der Waals surface area contributed by atoms with E-state index in [2.05, 4.69) is 15.9 Å². The summed E-state index contributed by atoms with van der Waals surface area (Å²) in [7, 11) is 0. The molecule has 1 aromatic heterocycles. The molecule has 0 unspecified atom stereocenters. The third kappa shape index (κ3) is 1.51. The molecule has 2 N–H and O–H groups in total. The van der Waals surface area contributed by atoms with Crippen molar-refractivity contribution in [3.8, 4) is 0 Å². The number of halogens is 1. The largest absolute Gasteiger partial charge is 0.394 e. The molecule has 0 aliphatic heterocycles. The smallest absolute Gasteiger partial charge is 0.274 e. The molecule has 1 aliphatic rings. The minimum absolute atomic E-state index is 0.0297. The first kappa shape index (κ1) is 10.7. The molecule has 0 radical (unpaired) electrons. The lowest BCUT2D eigenvalue weighted by Crippen LogP contribution is -2.33. The van der Waals surface area contributed by atoms with Crippen molar-refractivity contribution in [2.75, 3.05) is 5.73 Å². The Morgan fingerprint density at radius 1 is 1.40 bits per heavy atom. The average Bonchev–Trinajstić information content (AvgIpc) is 2.15. The fourth-order valence-corrected chi connectivity index (χ4v) is 2.43. The highest BCUT2D eigenvalue weighted by atomic mass is 79.9. The Hall–Kier alpha value is -0.770. The SMILES string of the molecule is Cc1c(Br)c(C)n(C2CCC2)c(=O)c1N. The van der Waals surface area contributed by atoms with Crippen LogP contribution in [0.25, 0.3) is 0 Å². The molecule has 3 nitrogen and oxygen atoms in total. The van der Waals surface area contributed by atoms with Crippen molar-refractivity contribution in [1.29, 1.82) is 0 Å². The van der Waals surface area contributed by atoms with Crippen LogP contribution in [0.3, 0.4) is 0 Å². The van der Waals surface area contributed by atoms with E-state index in [1.54, 1.807) is 0 Å². The van der Waals surface area contributed by atoms with Gasteiger partial charge < -0.3 is 10.3 Å². The second kappa shape index (κ2) is 3.67. The minimum atomic E-state index is -0.0297. The molecule has 1 heterocycles. The van der Waals surface area contributed by atoms with Crippen LogP contribution in [0, 0.1) is 13.8 Å². The van der Waals surface area contributed by atoms with Gasteiger partial charge in [-0.25, -0.2) is 0 Å². The quantitative estimate of drug-likeness (QED) is 0.853. The molecule has 1 saturated carbocycles. The van der Waals surface area contributed by atoms with Crippen LogP contribution in [0.1, 0.15) is 36.6 Å². The Morgan fingerprint density at radius 2 is 2.00 bits per heavy atom. The molecule has 0 aromatic carbocycles. The monoisotopic (exact) mass is 270 g/mol. The van der Waals surface area contributed by atoms with E-state index in [1.807, 2.05) is 18.4 Å². The third-order valence-electron chi connectivity index (χ3n) is 3.30. The summed E-state index contributed by atoms with van der Waals surface area (Å²) in [6.45, 7) is 3.84. The number of rotatable bonds is 1. The van der Waals surface area contributed by atoms with E-state index in [0.29, 0.717) is 11.7 Å². The predicted molar refractivity (Wildman–Crippen MR) is 65.2 cm³/mol. The van der Waals surface area contributed by atoms with E-state index < -0.39 is 0 Å². The minimum Gasteiger partial charge on any atom is -0.394 e. The van der Waals surface area contributed by atoms with Crippen molar-refractivity contribution in [3.63, 3.8) is 0 Å². The molecule has 1 aliphatic carbocycles. The Kier molecular flexibility index (Phi) is 2.63. The molecule has 4 heteroatoms. The maximum absolute atomic E-state index is 12.0. The van der Waals surface area contributed by atoms with Gasteiger partial charge in [-0.3, -0.25) is 4.79 Å². The summed E-state index contributed by atoms with van der Waals surface area (Å²) in [5, 5.41) is 0. The number of anilines is 1. The van der Waals surface area contributed by atoms with E-state index in [4.69, 9.17) is 5.73 Å². The zero-order valence-corrected chi connectivity index (χ0v) is 10.6. The Labute approximate surface area is 97.4 Å². The molecule has 1 fully saturated rings. The van der Waals surface area contributed by atoms with E-state index in [9.17, 15) is 4.79 Å². The Morgan fingerprint density at radius 3 is 2.47 bits per heavy atom. The molecule has 0 amide bonds. The number of hydrogen-bond donors (Lipinski definition) is 1. The number of pyridine rings is 1. The molecule has 0 saturated heterocycles. The number of nitrogen functional groups attached to an aromatic ring is 1. The lowest BCUT2D eigenvalue weighted by Gasteiger charge is -2.30. The summed E-state index contributed by atoms with van der Waals surface area (Å²) >= 11 is 3.50. The molecular weight excluding hydrogens is 256 g/mol. The lowest BCUT2D eigenvalue weighted by molar-refractivity contribution is 0.301. The molecule has 0 spiro atoms. The summed E-state index contributed by atoms with van der Waals surface area (Å²) in [4.78, 5) is 12.0. The molecule has 2 rings (SSSR count). The van der Waals surface area contributed by atoms with Crippen LogP contribution in [0.2, 0.25) is 0 Å². The molecule has 15 heavy (non-hydrogen) atoms. The second-order valence-corrected chi connectivity index (χ2v) is 4.99. The van der Waals surface area contributed by atoms with Crippen molar-refractivity contribution in [2.24, 2.45) is 0 Å². The van der Waals surface area contributed by atoms with Crippen molar-refractivity contribution in [3.05, 3.63) is 26.1 Å². The van der Waals surface area contributed by atoms with Crippen molar-refractivity contribution < 1.29 is 0 Å². The summed E-state index contributed by atoms with van der Waals surface area (Å²) < 4.78 is 2.81. The molecule has 0 bridgehead atoms. The van der Waals surface area contributed by atoms with Crippen LogP contribution < -0.4 is 11.3 Å². The zero-order chi connectivity index (χ0) is 11.2. The van der Waals surface area contributed by atoms with E-state index >= 15 is 0 Å². The molecule has 0 atom stereocenters. The second-order valence-electron chi connectivity index (χ2n) is 4.20. The summed E-state index contributed by atoms with van der Waals surface area (Å²) in [6, 6.07) is 0.358. The van der Waals surface area contributed by atoms with Gasteiger partial charge in [0.2, 0.25) is 0 Å². The maximum Gasteiger partial charge on any atom is 0.274 e. The van der Waals surface area contributed by atoms with Gasteiger partial charge in [-0.15, -0.1) is 0 Å². The highest BCUT2D eigenvalue weighted by Crippen LogP contribution is 2.34. The van der Waals surface area contributed by atoms with Gasteiger partial charge in [0.05, 0.1) is 0 Å². The first-order chi connectivity index (χ1) is 7.04. The molecule has 82 valence electrons. The van der Waals surface area contributed by atoms with Gasteiger partial charge in [-0.05, 0) is 54.6 Å². The van der Waals surface area contributed by atoms with Crippen LogP contribution in [-0.2, 0) is 0 Å². The highest BCUT2D eigenvalue weighted by molar-refractivity contribution is 9.10. The van der Waals surface area contributed by atoms with E-state index in [1.165, 1.54) is 6.42 Å². The van der Waals surface area contributed by atoms with Gasteiger partial charge in [0.15, 0.2) is 0 Å². The zero-order valence-electron chi connectivity index (χ0n) is 9.01. The van der Waals surface area contributed by atoms with Crippen LogP contribution >= 0.6 is 15.9 Å². The first-order valence-corrected chi connectivity index (χ1v) is 6.00. The number of nitrogens with zero attached hydrogens (tertiary/aromatic N) is 1. The fourth-order valence-electron chi connectivity index (χ4n) is 2.02. The molecule has 1 aromatic rings. The first-order valence-electron chi connectivity index (χ1n) is 5.20. The van der Waals surface area contributed by atoms with Gasteiger partial charge in [0, 0.05) is 16.2 Å². The maximum atomic E-state index is 12.0. The third-order valence-corrected chi connectivity index (χ3v) is 4.47. The lowest BCUT2D eigenvalue weighted by atomic mass is 9.92. The van der Waals surface area contributed by atoms with Gasteiger partial charge in [0.25, 0.3) is 5.56 Å². The van der Waals surface area contributed by atoms with Crippen LogP contribution in [-0.4, -0.2) is 4.57 Å². The van der Waals surface area contributed by atoms with Crippen LogP contribution in [0.5, 0.6) is 0 Å². The van der Waals surface area contributed by atoms with Gasteiger partial charge in [0.1, 0.15) is 5.69 Å². The topological polar surface area (TPSA) is 48.0 Å². The average molecular weight is 271 g/mol. The van der Waals surface area contributed by atoms with Crippen LogP contribution in [0.4, 0.5) is 5.69 Å². The predicted octanol–water partition coefficient (Wildman–Crippen LogP) is 2.53. The van der Waals surface area contributed by atoms with Crippen molar-refractivity contribution >= 4 is 21.6 Å². The van der Waals surface area contributed by atoms with Gasteiger partial charge >= 0.3 is 0 Å². The van der Waals surface area contributed by atoms with Crippen LogP contribution in [0.15, 0.2) is 9.27 Å². The number of aromatic nitrogens is 1. The molecular formula is C11H15BrN2O. The normalized spacial score (nSPS) is 16.5. The highest BCUT2D eigenvalue weighted by Gasteiger charge is 2.24. The van der Waals surface area contributed by atoms with Crippen molar-refractivity contribution in [1.82, 2.24) is 4.57 Å². The van der Waals surface area contributed by atoms with E-state index in [-0.39, 0.29) is 5.56 Å². The van der Waals surface area contributed by atoms with Gasteiger partial charge in [-0.1, -0.05) is 0 Å².